The number of likely N-dealkylation sites (N-methyl/N-ethyl adjacent to an activating group) is 1. The molecule has 0 aromatic heterocycles. The number of ether oxygens (including phenoxy) is 1. The van der Waals surface area contributed by atoms with Gasteiger partial charge in [0, 0.05) is 17.8 Å². The minimum absolute atomic E-state index is 0.0805. The second-order valence-corrected chi connectivity index (χ2v) is 10.2. The lowest BCUT2D eigenvalue weighted by Crippen LogP contribution is -2.52. The van der Waals surface area contributed by atoms with E-state index in [1.807, 2.05) is 39.0 Å². The number of carbonyl (C=O) groups is 3. The molecule has 0 bridgehead atoms. The Morgan fingerprint density at radius 3 is 2.19 bits per heavy atom. The number of anilines is 1. The molecule has 2 rings (SSSR count). The first kappa shape index (κ1) is 28.7. The summed E-state index contributed by atoms with van der Waals surface area (Å²) in [5, 5.41) is 16.2. The molecule has 0 spiro atoms. The molecular weight excluding hydrogens is 458 g/mol. The van der Waals surface area contributed by atoms with E-state index in [4.69, 9.17) is 4.74 Å². The number of benzene rings is 2. The van der Waals surface area contributed by atoms with Crippen LogP contribution in [-0.4, -0.2) is 46.1 Å². The van der Waals surface area contributed by atoms with Crippen molar-refractivity contribution in [3.63, 3.8) is 0 Å². The van der Waals surface area contributed by atoms with E-state index >= 15 is 0 Å². The number of nitrogens with zero attached hydrogens (tertiary/aromatic N) is 1. The zero-order valence-electron chi connectivity index (χ0n) is 22.3. The smallest absolute Gasteiger partial charge is 0.408 e. The topological polar surface area (TPSA) is 108 Å². The van der Waals surface area contributed by atoms with Crippen molar-refractivity contribution in [3.8, 4) is 5.75 Å². The molecule has 3 N–H and O–H groups in total. The van der Waals surface area contributed by atoms with E-state index in [0.717, 1.165) is 5.56 Å². The first-order valence-electron chi connectivity index (χ1n) is 12.3. The van der Waals surface area contributed by atoms with Gasteiger partial charge in [-0.15, -0.1) is 0 Å². The van der Waals surface area contributed by atoms with Gasteiger partial charge >= 0.3 is 6.09 Å². The summed E-state index contributed by atoms with van der Waals surface area (Å²) in [6.07, 6.45) is -0.359. The Hall–Kier alpha value is -3.55. The van der Waals surface area contributed by atoms with Crippen molar-refractivity contribution in [2.24, 2.45) is 5.92 Å². The molecule has 0 aliphatic heterocycles. The maximum absolute atomic E-state index is 13.9. The van der Waals surface area contributed by atoms with Gasteiger partial charge in [0.15, 0.2) is 0 Å². The number of carbonyl (C=O) groups excluding carboxylic acids is 3. The summed E-state index contributed by atoms with van der Waals surface area (Å²) < 4.78 is 5.38. The normalized spacial score (nSPS) is 13.0. The molecule has 2 aromatic carbocycles. The monoisotopic (exact) mass is 497 g/mol. The lowest BCUT2D eigenvalue weighted by molar-refractivity contribution is -0.140. The predicted octanol–water partition coefficient (Wildman–Crippen LogP) is 5.17. The van der Waals surface area contributed by atoms with Crippen molar-refractivity contribution in [1.82, 2.24) is 10.2 Å². The second-order valence-electron chi connectivity index (χ2n) is 10.2. The van der Waals surface area contributed by atoms with Crippen LogP contribution in [0, 0.1) is 12.8 Å². The number of rotatable bonds is 9. The molecule has 2 atom stereocenters. The van der Waals surface area contributed by atoms with Crippen LogP contribution in [0.25, 0.3) is 0 Å². The molecule has 196 valence electrons. The van der Waals surface area contributed by atoms with Gasteiger partial charge in [0.2, 0.25) is 5.91 Å². The van der Waals surface area contributed by atoms with Crippen molar-refractivity contribution >= 4 is 23.6 Å². The number of para-hydroxylation sites is 2. The van der Waals surface area contributed by atoms with Crippen LogP contribution < -0.4 is 10.6 Å². The first-order valence-corrected chi connectivity index (χ1v) is 12.3. The van der Waals surface area contributed by atoms with Crippen LogP contribution in [0.4, 0.5) is 10.5 Å². The number of hydrogen-bond donors (Lipinski definition) is 3. The number of alkyl carbamates (subject to hydrolysis) is 1. The minimum Gasteiger partial charge on any atom is -0.508 e. The first-order chi connectivity index (χ1) is 16.8. The highest BCUT2D eigenvalue weighted by Gasteiger charge is 2.37. The van der Waals surface area contributed by atoms with Gasteiger partial charge in [0.05, 0.1) is 0 Å². The van der Waals surface area contributed by atoms with Gasteiger partial charge in [-0.05, 0) is 64.7 Å². The Kier molecular flexibility index (Phi) is 9.90. The zero-order chi connectivity index (χ0) is 27.0. The molecule has 0 saturated carbocycles. The van der Waals surface area contributed by atoms with Gasteiger partial charge in [-0.1, -0.05) is 50.2 Å². The fraction of sp³-hybridized carbons (Fsp3) is 0.464. The number of hydrogen-bond acceptors (Lipinski definition) is 5. The third-order valence-electron chi connectivity index (χ3n) is 5.51. The number of aryl methyl sites for hydroxylation is 1. The Morgan fingerprint density at radius 1 is 1.03 bits per heavy atom. The van der Waals surface area contributed by atoms with Crippen molar-refractivity contribution in [2.75, 3.05) is 11.9 Å². The van der Waals surface area contributed by atoms with E-state index in [2.05, 4.69) is 10.6 Å². The molecule has 0 saturated heterocycles. The van der Waals surface area contributed by atoms with Crippen LogP contribution in [0.5, 0.6) is 5.75 Å². The summed E-state index contributed by atoms with van der Waals surface area (Å²) in [6.45, 7) is 12.9. The van der Waals surface area contributed by atoms with E-state index < -0.39 is 35.6 Å². The Bertz CT molecular complexity index is 1060. The molecule has 2 unspecified atom stereocenters. The predicted molar refractivity (Wildman–Crippen MR) is 141 cm³/mol. The summed E-state index contributed by atoms with van der Waals surface area (Å²) in [5.74, 6) is -0.932. The van der Waals surface area contributed by atoms with Crippen molar-refractivity contribution < 1.29 is 24.2 Å². The van der Waals surface area contributed by atoms with Crippen LogP contribution in [0.15, 0.2) is 48.5 Å². The highest BCUT2D eigenvalue weighted by Crippen LogP contribution is 2.31. The SMILES string of the molecule is CCN(C(=O)C(CC(C)C)NC(=O)OC(C)(C)C)C(C(=O)Nc1ccccc1C)c1ccccc1O. The van der Waals surface area contributed by atoms with E-state index in [-0.39, 0.29) is 18.2 Å². The Labute approximate surface area is 214 Å². The molecule has 2 aromatic rings. The summed E-state index contributed by atoms with van der Waals surface area (Å²) in [5.41, 5.74) is 1.03. The average molecular weight is 498 g/mol. The summed E-state index contributed by atoms with van der Waals surface area (Å²) in [4.78, 5) is 41.4. The molecule has 0 fully saturated rings. The Morgan fingerprint density at radius 2 is 1.64 bits per heavy atom. The van der Waals surface area contributed by atoms with Gasteiger partial charge in [0.1, 0.15) is 23.4 Å². The third kappa shape index (κ3) is 8.00. The summed E-state index contributed by atoms with van der Waals surface area (Å²) in [6, 6.07) is 11.7. The fourth-order valence-corrected chi connectivity index (χ4v) is 3.89. The van der Waals surface area contributed by atoms with Gasteiger partial charge in [0.25, 0.3) is 5.91 Å². The lowest BCUT2D eigenvalue weighted by Gasteiger charge is -2.34. The van der Waals surface area contributed by atoms with Crippen molar-refractivity contribution in [3.05, 3.63) is 59.7 Å². The molecule has 3 amide bonds. The molecule has 0 heterocycles. The van der Waals surface area contributed by atoms with Gasteiger partial charge in [-0.2, -0.15) is 0 Å². The van der Waals surface area contributed by atoms with Gasteiger partial charge < -0.3 is 25.4 Å². The van der Waals surface area contributed by atoms with E-state index in [0.29, 0.717) is 17.7 Å². The number of aromatic hydroxyl groups is 1. The molecule has 0 aliphatic rings. The molecule has 8 nitrogen and oxygen atoms in total. The fourth-order valence-electron chi connectivity index (χ4n) is 3.89. The number of amides is 3. The van der Waals surface area contributed by atoms with Crippen molar-refractivity contribution in [1.29, 1.82) is 0 Å². The van der Waals surface area contributed by atoms with E-state index in [9.17, 15) is 19.5 Å². The van der Waals surface area contributed by atoms with E-state index in [1.54, 1.807) is 52.0 Å². The quantitative estimate of drug-likeness (QED) is 0.443. The van der Waals surface area contributed by atoms with Crippen LogP contribution in [-0.2, 0) is 14.3 Å². The molecule has 0 radical (unpaired) electrons. The largest absolute Gasteiger partial charge is 0.508 e. The van der Waals surface area contributed by atoms with Crippen LogP contribution in [0.3, 0.4) is 0 Å². The highest BCUT2D eigenvalue weighted by atomic mass is 16.6. The minimum atomic E-state index is -1.13. The zero-order valence-corrected chi connectivity index (χ0v) is 22.3. The number of phenolic OH excluding ortho intramolecular Hbond substituents is 1. The van der Waals surface area contributed by atoms with Gasteiger partial charge in [-0.25, -0.2) is 4.79 Å². The summed E-state index contributed by atoms with van der Waals surface area (Å²) in [7, 11) is 0. The molecular formula is C28H39N3O5. The average Bonchev–Trinajstić information content (AvgIpc) is 2.77. The maximum atomic E-state index is 13.9. The third-order valence-corrected chi connectivity index (χ3v) is 5.51. The van der Waals surface area contributed by atoms with E-state index in [1.165, 1.54) is 11.0 Å². The summed E-state index contributed by atoms with van der Waals surface area (Å²) >= 11 is 0. The standard InChI is InChI=1S/C28H39N3O5/c1-8-31(26(34)22(17-18(2)3)30-27(35)36-28(5,6)7)24(20-14-10-12-16-23(20)32)25(33)29-21-15-11-9-13-19(21)4/h9-16,18,22,24,32H,8,17H2,1-7H3,(H,29,33)(H,30,35). The molecule has 36 heavy (non-hydrogen) atoms. The van der Waals surface area contributed by atoms with Gasteiger partial charge in [-0.3, -0.25) is 9.59 Å². The highest BCUT2D eigenvalue weighted by molar-refractivity contribution is 5.99. The van der Waals surface area contributed by atoms with Crippen molar-refractivity contribution in [2.45, 2.75) is 72.6 Å². The van der Waals surface area contributed by atoms with Crippen LogP contribution in [0.2, 0.25) is 0 Å². The van der Waals surface area contributed by atoms with Crippen LogP contribution in [0.1, 0.15) is 65.1 Å². The number of phenols is 1. The Balaban J connectivity index is 2.47. The molecule has 0 aliphatic carbocycles. The number of nitrogens with one attached hydrogen (secondary N) is 2. The van der Waals surface area contributed by atoms with Crippen LogP contribution >= 0.6 is 0 Å². The second kappa shape index (κ2) is 12.4. The maximum Gasteiger partial charge on any atom is 0.408 e. The lowest BCUT2D eigenvalue weighted by atomic mass is 9.98. The molecule has 8 heteroatoms.